The normalized spacial score (nSPS) is 11.5. The molecule has 0 aliphatic rings. The van der Waals surface area contributed by atoms with Crippen LogP contribution in [0.3, 0.4) is 0 Å². The number of nitrogens with one attached hydrogen (secondary N) is 1. The number of benzene rings is 3. The van der Waals surface area contributed by atoms with Crippen LogP contribution < -0.4 is 9.57 Å². The van der Waals surface area contributed by atoms with Crippen molar-refractivity contribution >= 4 is 16.2 Å². The molecule has 3 rings (SSSR count). The molecule has 7 heteroatoms. The van der Waals surface area contributed by atoms with Crippen LogP contribution >= 0.6 is 0 Å². The number of sulfonamides is 1. The summed E-state index contributed by atoms with van der Waals surface area (Å²) in [6.45, 7) is 2.17. The average Bonchev–Trinajstić information content (AvgIpc) is 2.68. The summed E-state index contributed by atoms with van der Waals surface area (Å²) in [5, 5.41) is 3.82. The molecule has 0 bridgehead atoms. The van der Waals surface area contributed by atoms with Gasteiger partial charge < -0.3 is 4.74 Å². The van der Waals surface area contributed by atoms with E-state index in [2.05, 4.69) is 9.93 Å². The van der Waals surface area contributed by atoms with Crippen LogP contribution in [0.15, 0.2) is 82.8 Å². The Morgan fingerprint density at radius 3 is 2.46 bits per heavy atom. The summed E-state index contributed by atoms with van der Waals surface area (Å²) in [5.74, 6) is 0.296. The van der Waals surface area contributed by atoms with Gasteiger partial charge in [0.05, 0.1) is 11.1 Å². The molecular formula is C21H19FN2O3S. The number of hydrogen-bond donors (Lipinski definition) is 1. The number of hydrogen-bond acceptors (Lipinski definition) is 4. The van der Waals surface area contributed by atoms with Crippen LogP contribution in [0.2, 0.25) is 0 Å². The van der Waals surface area contributed by atoms with E-state index >= 15 is 0 Å². The van der Waals surface area contributed by atoms with E-state index in [9.17, 15) is 12.8 Å². The summed E-state index contributed by atoms with van der Waals surface area (Å²) in [5.41, 5.74) is 2.48. The maximum absolute atomic E-state index is 12.9. The van der Waals surface area contributed by atoms with Crippen molar-refractivity contribution in [1.82, 2.24) is 4.83 Å². The summed E-state index contributed by atoms with van der Waals surface area (Å²) >= 11 is 0. The molecule has 0 fully saturated rings. The molecule has 1 N–H and O–H groups in total. The molecule has 0 aromatic heterocycles. The first-order valence-corrected chi connectivity index (χ1v) is 9.99. The summed E-state index contributed by atoms with van der Waals surface area (Å²) < 4.78 is 43.0. The Labute approximate surface area is 163 Å². The van der Waals surface area contributed by atoms with E-state index < -0.39 is 10.0 Å². The lowest BCUT2D eigenvalue weighted by atomic mass is 10.2. The topological polar surface area (TPSA) is 67.8 Å². The molecule has 0 atom stereocenters. The summed E-state index contributed by atoms with van der Waals surface area (Å²) in [6, 6.07) is 19.6. The second kappa shape index (κ2) is 8.67. The molecule has 3 aromatic rings. The van der Waals surface area contributed by atoms with E-state index in [1.807, 2.05) is 6.92 Å². The molecule has 3 aromatic carbocycles. The van der Waals surface area contributed by atoms with Gasteiger partial charge >= 0.3 is 0 Å². The third kappa shape index (κ3) is 5.40. The van der Waals surface area contributed by atoms with Crippen molar-refractivity contribution in [2.24, 2.45) is 5.10 Å². The largest absolute Gasteiger partial charge is 0.489 e. The molecule has 0 heterocycles. The smallest absolute Gasteiger partial charge is 0.276 e. The summed E-state index contributed by atoms with van der Waals surface area (Å²) in [4.78, 5) is 2.34. The zero-order valence-electron chi connectivity index (χ0n) is 15.2. The number of ether oxygens (including phenoxy) is 1. The van der Waals surface area contributed by atoms with Gasteiger partial charge in [0, 0.05) is 0 Å². The van der Waals surface area contributed by atoms with E-state index in [-0.39, 0.29) is 10.7 Å². The standard InChI is InChI=1S/C21H19FN2O3S/c1-16-5-11-21(12-6-16)28(25,26)24-23-14-18-3-2-4-20(13-18)27-15-17-7-9-19(22)10-8-17/h2-14,24H,15H2,1H3/b23-14-. The second-order valence-electron chi connectivity index (χ2n) is 6.15. The number of hydrazone groups is 1. The minimum absolute atomic E-state index is 0.145. The Bertz CT molecular complexity index is 1060. The van der Waals surface area contributed by atoms with Crippen LogP contribution in [0.1, 0.15) is 16.7 Å². The fraction of sp³-hybridized carbons (Fsp3) is 0.0952. The molecule has 0 saturated carbocycles. The van der Waals surface area contributed by atoms with E-state index in [1.165, 1.54) is 30.5 Å². The Hall–Kier alpha value is -3.19. The van der Waals surface area contributed by atoms with Crippen LogP contribution in [0.25, 0.3) is 0 Å². The second-order valence-corrected chi connectivity index (χ2v) is 7.81. The molecule has 0 radical (unpaired) electrons. The molecule has 0 spiro atoms. The average molecular weight is 398 g/mol. The van der Waals surface area contributed by atoms with Gasteiger partial charge in [-0.3, -0.25) is 0 Å². The van der Waals surface area contributed by atoms with E-state index in [0.717, 1.165) is 11.1 Å². The first kappa shape index (κ1) is 19.6. The molecule has 0 unspecified atom stereocenters. The van der Waals surface area contributed by atoms with Gasteiger partial charge in [-0.15, -0.1) is 0 Å². The van der Waals surface area contributed by atoms with Crippen LogP contribution in [-0.2, 0) is 16.6 Å². The van der Waals surface area contributed by atoms with Gasteiger partial charge in [0.25, 0.3) is 10.0 Å². The predicted octanol–water partition coefficient (Wildman–Crippen LogP) is 4.03. The van der Waals surface area contributed by atoms with Gasteiger partial charge in [-0.2, -0.15) is 13.5 Å². The van der Waals surface area contributed by atoms with Crippen molar-refractivity contribution in [3.05, 3.63) is 95.3 Å². The van der Waals surface area contributed by atoms with Crippen molar-refractivity contribution in [2.45, 2.75) is 18.4 Å². The van der Waals surface area contributed by atoms with E-state index in [1.54, 1.807) is 48.5 Å². The maximum atomic E-state index is 12.9. The first-order chi connectivity index (χ1) is 13.4. The molecular weight excluding hydrogens is 379 g/mol. The summed E-state index contributed by atoms with van der Waals surface area (Å²) in [7, 11) is -3.72. The monoisotopic (exact) mass is 398 g/mol. The van der Waals surface area contributed by atoms with Crippen LogP contribution in [-0.4, -0.2) is 14.6 Å². The van der Waals surface area contributed by atoms with Crippen LogP contribution in [0, 0.1) is 12.7 Å². The zero-order chi connectivity index (χ0) is 20.0. The number of aryl methyl sites for hydroxylation is 1. The van der Waals surface area contributed by atoms with E-state index in [4.69, 9.17) is 4.74 Å². The Kier molecular flexibility index (Phi) is 6.06. The Balaban J connectivity index is 1.62. The molecule has 144 valence electrons. The highest BCUT2D eigenvalue weighted by Gasteiger charge is 2.11. The number of halogens is 1. The molecule has 0 aliphatic heterocycles. The molecule has 0 saturated heterocycles. The lowest BCUT2D eigenvalue weighted by Crippen LogP contribution is -2.18. The first-order valence-electron chi connectivity index (χ1n) is 8.51. The van der Waals surface area contributed by atoms with Crippen molar-refractivity contribution in [3.8, 4) is 5.75 Å². The lowest BCUT2D eigenvalue weighted by Gasteiger charge is -2.07. The molecule has 28 heavy (non-hydrogen) atoms. The van der Waals surface area contributed by atoms with Gasteiger partial charge in [0.2, 0.25) is 0 Å². The van der Waals surface area contributed by atoms with Gasteiger partial charge in [0.1, 0.15) is 18.2 Å². The minimum Gasteiger partial charge on any atom is -0.489 e. The van der Waals surface area contributed by atoms with E-state index in [0.29, 0.717) is 17.9 Å². The highest BCUT2D eigenvalue weighted by atomic mass is 32.2. The molecule has 0 aliphatic carbocycles. The predicted molar refractivity (Wildman–Crippen MR) is 106 cm³/mol. The van der Waals surface area contributed by atoms with Crippen molar-refractivity contribution in [3.63, 3.8) is 0 Å². The molecule has 0 amide bonds. The quantitative estimate of drug-likeness (QED) is 0.483. The van der Waals surface area contributed by atoms with Crippen molar-refractivity contribution in [1.29, 1.82) is 0 Å². The highest BCUT2D eigenvalue weighted by molar-refractivity contribution is 7.89. The number of rotatable bonds is 7. The Morgan fingerprint density at radius 1 is 1.04 bits per heavy atom. The van der Waals surface area contributed by atoms with Crippen LogP contribution in [0.5, 0.6) is 5.75 Å². The maximum Gasteiger partial charge on any atom is 0.276 e. The summed E-state index contributed by atoms with van der Waals surface area (Å²) in [6.07, 6.45) is 1.40. The van der Waals surface area contributed by atoms with Crippen molar-refractivity contribution < 1.29 is 17.5 Å². The Morgan fingerprint density at radius 2 is 1.75 bits per heavy atom. The highest BCUT2D eigenvalue weighted by Crippen LogP contribution is 2.15. The lowest BCUT2D eigenvalue weighted by molar-refractivity contribution is 0.306. The van der Waals surface area contributed by atoms with Gasteiger partial charge in [-0.05, 0) is 54.4 Å². The fourth-order valence-electron chi connectivity index (χ4n) is 2.37. The van der Waals surface area contributed by atoms with Gasteiger partial charge in [0.15, 0.2) is 0 Å². The third-order valence-corrected chi connectivity index (χ3v) is 5.13. The molecule has 5 nitrogen and oxygen atoms in total. The van der Waals surface area contributed by atoms with Gasteiger partial charge in [-0.1, -0.05) is 42.0 Å². The number of nitrogens with zero attached hydrogens (tertiary/aromatic N) is 1. The van der Waals surface area contributed by atoms with Crippen molar-refractivity contribution in [2.75, 3.05) is 0 Å². The fourth-order valence-corrected chi connectivity index (χ4v) is 3.16. The van der Waals surface area contributed by atoms with Gasteiger partial charge in [-0.25, -0.2) is 9.22 Å². The SMILES string of the molecule is Cc1ccc(S(=O)(=O)N/N=C\c2cccc(OCc3ccc(F)cc3)c2)cc1. The van der Waals surface area contributed by atoms with Crippen LogP contribution in [0.4, 0.5) is 4.39 Å². The third-order valence-electron chi connectivity index (χ3n) is 3.89. The zero-order valence-corrected chi connectivity index (χ0v) is 16.0. The minimum atomic E-state index is -3.72.